The first kappa shape index (κ1) is 15.8. The number of para-hydroxylation sites is 1. The van der Waals surface area contributed by atoms with Gasteiger partial charge in [-0.25, -0.2) is 0 Å². The fourth-order valence-corrected chi connectivity index (χ4v) is 3.81. The first-order valence-electron chi connectivity index (χ1n) is 8.33. The van der Waals surface area contributed by atoms with Crippen LogP contribution in [0.1, 0.15) is 11.3 Å². The Bertz CT molecular complexity index is 1310. The van der Waals surface area contributed by atoms with E-state index in [-0.39, 0.29) is 5.57 Å². The fourth-order valence-electron chi connectivity index (χ4n) is 3.65. The monoisotopic (exact) mass is 376 g/mol. The number of H-pyrrole nitrogens is 1. The van der Waals surface area contributed by atoms with Crippen LogP contribution in [-0.2, 0) is 16.6 Å². The molecule has 0 spiro atoms. The number of halogens is 1. The number of fused-ring (bicyclic) bond motifs is 2. The number of carbonyl (C=O) groups excluding carboxylic acids is 2. The molecular formula is C20H13ClN4O2. The highest BCUT2D eigenvalue weighted by molar-refractivity contribution is 6.50. The van der Waals surface area contributed by atoms with Gasteiger partial charge in [-0.3, -0.25) is 20.0 Å². The second-order valence-corrected chi connectivity index (χ2v) is 6.90. The van der Waals surface area contributed by atoms with E-state index in [1.54, 1.807) is 6.07 Å². The van der Waals surface area contributed by atoms with Gasteiger partial charge in [0.2, 0.25) is 0 Å². The maximum Gasteiger partial charge on any atom is 0.261 e. The number of aromatic amines is 1. The number of carbonyl (C=O) groups is 2. The molecule has 0 atom stereocenters. The Morgan fingerprint density at radius 2 is 1.78 bits per heavy atom. The molecule has 3 heterocycles. The SMILES string of the molecule is Cn1cc(C2=C(c3n[nH]c4ccccc34)C(=O)NC2=O)c2ccc(Cl)cc21. The number of imide groups is 1. The smallest absolute Gasteiger partial charge is 0.261 e. The zero-order chi connectivity index (χ0) is 18.7. The van der Waals surface area contributed by atoms with Crippen LogP contribution in [-0.4, -0.2) is 26.6 Å². The minimum Gasteiger partial charge on any atom is -0.350 e. The van der Waals surface area contributed by atoms with E-state index in [1.165, 1.54) is 0 Å². The number of benzene rings is 2. The molecule has 4 aromatic rings. The van der Waals surface area contributed by atoms with E-state index in [2.05, 4.69) is 15.5 Å². The Balaban J connectivity index is 1.85. The van der Waals surface area contributed by atoms with E-state index in [4.69, 9.17) is 11.6 Å². The number of hydrogen-bond acceptors (Lipinski definition) is 3. The molecule has 2 aromatic carbocycles. The molecule has 1 aliphatic rings. The van der Waals surface area contributed by atoms with Gasteiger partial charge in [-0.1, -0.05) is 35.9 Å². The summed E-state index contributed by atoms with van der Waals surface area (Å²) >= 11 is 6.11. The first-order valence-corrected chi connectivity index (χ1v) is 8.71. The number of nitrogens with zero attached hydrogens (tertiary/aromatic N) is 2. The zero-order valence-corrected chi connectivity index (χ0v) is 15.0. The number of aromatic nitrogens is 3. The van der Waals surface area contributed by atoms with Gasteiger partial charge < -0.3 is 4.57 Å². The molecule has 2 amide bonds. The van der Waals surface area contributed by atoms with Gasteiger partial charge in [0.1, 0.15) is 5.69 Å². The zero-order valence-electron chi connectivity index (χ0n) is 14.2. The summed E-state index contributed by atoms with van der Waals surface area (Å²) in [6, 6.07) is 13.0. The lowest BCUT2D eigenvalue weighted by Crippen LogP contribution is -2.22. The lowest BCUT2D eigenvalue weighted by atomic mass is 9.97. The van der Waals surface area contributed by atoms with Crippen molar-refractivity contribution in [3.8, 4) is 0 Å². The predicted octanol–water partition coefficient (Wildman–Crippen LogP) is 3.28. The van der Waals surface area contributed by atoms with Crippen LogP contribution in [0.3, 0.4) is 0 Å². The summed E-state index contributed by atoms with van der Waals surface area (Å²) in [4.78, 5) is 25.3. The largest absolute Gasteiger partial charge is 0.350 e. The first-order chi connectivity index (χ1) is 13.0. The summed E-state index contributed by atoms with van der Waals surface area (Å²) in [5, 5.41) is 11.9. The Kier molecular flexibility index (Phi) is 3.26. The molecule has 7 heteroatoms. The van der Waals surface area contributed by atoms with Gasteiger partial charge in [0.05, 0.1) is 16.7 Å². The Labute approximate surface area is 158 Å². The third kappa shape index (κ3) is 2.23. The van der Waals surface area contributed by atoms with E-state index in [0.29, 0.717) is 21.9 Å². The molecule has 0 aliphatic carbocycles. The van der Waals surface area contributed by atoms with Crippen molar-refractivity contribution in [2.75, 3.05) is 0 Å². The van der Waals surface area contributed by atoms with E-state index in [0.717, 1.165) is 21.8 Å². The van der Waals surface area contributed by atoms with Gasteiger partial charge in [0.15, 0.2) is 0 Å². The van der Waals surface area contributed by atoms with Crippen LogP contribution in [0.2, 0.25) is 5.02 Å². The number of amides is 2. The quantitative estimate of drug-likeness (QED) is 0.527. The van der Waals surface area contributed by atoms with E-state index < -0.39 is 11.8 Å². The Hall–Kier alpha value is -3.38. The summed E-state index contributed by atoms with van der Waals surface area (Å²) < 4.78 is 1.89. The molecular weight excluding hydrogens is 364 g/mol. The van der Waals surface area contributed by atoms with Crippen molar-refractivity contribution in [3.05, 3.63) is 64.9 Å². The van der Waals surface area contributed by atoms with Gasteiger partial charge in [0, 0.05) is 40.1 Å². The van der Waals surface area contributed by atoms with Crippen LogP contribution < -0.4 is 5.32 Å². The molecule has 0 radical (unpaired) electrons. The van der Waals surface area contributed by atoms with Crippen LogP contribution in [0.15, 0.2) is 48.7 Å². The summed E-state index contributed by atoms with van der Waals surface area (Å²) in [5.41, 5.74) is 3.43. The number of hydrogen-bond donors (Lipinski definition) is 2. The van der Waals surface area contributed by atoms with Gasteiger partial charge >= 0.3 is 0 Å². The highest BCUT2D eigenvalue weighted by Gasteiger charge is 2.35. The van der Waals surface area contributed by atoms with Crippen LogP contribution in [0.4, 0.5) is 0 Å². The summed E-state index contributed by atoms with van der Waals surface area (Å²) in [6.45, 7) is 0. The molecule has 0 saturated carbocycles. The molecule has 132 valence electrons. The molecule has 5 rings (SSSR count). The van der Waals surface area contributed by atoms with Crippen LogP contribution in [0.5, 0.6) is 0 Å². The molecule has 0 fully saturated rings. The van der Waals surface area contributed by atoms with Gasteiger partial charge in [-0.05, 0) is 18.2 Å². The maximum absolute atomic E-state index is 12.7. The molecule has 2 N–H and O–H groups in total. The van der Waals surface area contributed by atoms with Crippen molar-refractivity contribution in [2.24, 2.45) is 7.05 Å². The highest BCUT2D eigenvalue weighted by atomic mass is 35.5. The van der Waals surface area contributed by atoms with Gasteiger partial charge in [0.25, 0.3) is 11.8 Å². The predicted molar refractivity (Wildman–Crippen MR) is 104 cm³/mol. The van der Waals surface area contributed by atoms with Crippen molar-refractivity contribution in [3.63, 3.8) is 0 Å². The second-order valence-electron chi connectivity index (χ2n) is 6.47. The Morgan fingerprint density at radius 1 is 1.00 bits per heavy atom. The van der Waals surface area contributed by atoms with Gasteiger partial charge in [-0.15, -0.1) is 0 Å². The van der Waals surface area contributed by atoms with E-state index in [1.807, 2.05) is 54.2 Å². The third-order valence-corrected chi connectivity index (χ3v) is 5.10. The van der Waals surface area contributed by atoms with E-state index >= 15 is 0 Å². The topological polar surface area (TPSA) is 79.8 Å². The molecule has 1 aliphatic heterocycles. The molecule has 2 aromatic heterocycles. The number of nitrogens with one attached hydrogen (secondary N) is 2. The molecule has 6 nitrogen and oxygen atoms in total. The minimum absolute atomic E-state index is 0.278. The lowest BCUT2D eigenvalue weighted by Gasteiger charge is -2.02. The van der Waals surface area contributed by atoms with Crippen molar-refractivity contribution in [1.29, 1.82) is 0 Å². The highest BCUT2D eigenvalue weighted by Crippen LogP contribution is 2.37. The fraction of sp³-hybridized carbons (Fsp3) is 0.0500. The summed E-state index contributed by atoms with van der Waals surface area (Å²) in [5.74, 6) is -0.872. The summed E-state index contributed by atoms with van der Waals surface area (Å²) in [6.07, 6.45) is 1.84. The van der Waals surface area contributed by atoms with Crippen LogP contribution >= 0.6 is 11.6 Å². The molecule has 0 unspecified atom stereocenters. The average molecular weight is 377 g/mol. The summed E-state index contributed by atoms with van der Waals surface area (Å²) in [7, 11) is 1.88. The molecule has 0 saturated heterocycles. The Morgan fingerprint density at radius 3 is 2.63 bits per heavy atom. The number of rotatable bonds is 2. The lowest BCUT2D eigenvalue weighted by molar-refractivity contribution is -0.122. The average Bonchev–Trinajstić information content (AvgIpc) is 3.29. The van der Waals surface area contributed by atoms with Gasteiger partial charge in [-0.2, -0.15) is 5.10 Å². The van der Waals surface area contributed by atoms with Crippen molar-refractivity contribution in [2.45, 2.75) is 0 Å². The minimum atomic E-state index is -0.446. The molecule has 27 heavy (non-hydrogen) atoms. The normalized spacial score (nSPS) is 14.6. The number of aryl methyl sites for hydroxylation is 1. The van der Waals surface area contributed by atoms with Crippen LogP contribution in [0.25, 0.3) is 33.0 Å². The standard InChI is InChI=1S/C20H13ClN4O2/c1-25-9-13(11-7-6-10(21)8-15(11)25)16-17(20(27)22-19(16)26)18-12-4-2-3-5-14(12)23-24-18/h2-9H,1H3,(H,23,24)(H,22,26,27). The molecule has 0 bridgehead atoms. The van der Waals surface area contributed by atoms with Crippen molar-refractivity contribution >= 4 is 56.4 Å². The maximum atomic E-state index is 12.7. The van der Waals surface area contributed by atoms with Crippen molar-refractivity contribution < 1.29 is 9.59 Å². The third-order valence-electron chi connectivity index (χ3n) is 4.86. The van der Waals surface area contributed by atoms with Crippen molar-refractivity contribution in [1.82, 2.24) is 20.1 Å². The van der Waals surface area contributed by atoms with E-state index in [9.17, 15) is 9.59 Å². The van der Waals surface area contributed by atoms with Crippen LogP contribution in [0, 0.1) is 0 Å². The second kappa shape index (κ2) is 5.56.